The minimum Gasteiger partial charge on any atom is -0.466 e. The summed E-state index contributed by atoms with van der Waals surface area (Å²) in [6.07, 6.45) is 1.55. The zero-order valence-electron chi connectivity index (χ0n) is 7.86. The third-order valence-electron chi connectivity index (χ3n) is 1.56. The van der Waals surface area contributed by atoms with Gasteiger partial charge in [-0.25, -0.2) is 4.98 Å². The molecule has 5 heteroatoms. The molecule has 0 amide bonds. The number of thiazole rings is 1. The van der Waals surface area contributed by atoms with Gasteiger partial charge in [-0.05, 0) is 6.92 Å². The van der Waals surface area contributed by atoms with E-state index in [1.807, 2.05) is 0 Å². The van der Waals surface area contributed by atoms with E-state index in [9.17, 15) is 9.59 Å². The van der Waals surface area contributed by atoms with Gasteiger partial charge in [0.1, 0.15) is 0 Å². The highest BCUT2D eigenvalue weighted by Gasteiger charge is 2.05. The van der Waals surface area contributed by atoms with Gasteiger partial charge in [-0.3, -0.25) is 9.59 Å². The standard InChI is InChI=1S/C9H11NO3S/c1-2-13-9(12)4-3-7-6-14-8(5-11)10-7/h5-6H,2-4H2,1H3. The van der Waals surface area contributed by atoms with Crippen molar-refractivity contribution in [3.8, 4) is 0 Å². The molecule has 0 N–H and O–H groups in total. The van der Waals surface area contributed by atoms with E-state index < -0.39 is 0 Å². The molecule has 4 nitrogen and oxygen atoms in total. The molecule has 0 unspecified atom stereocenters. The first-order valence-electron chi connectivity index (χ1n) is 4.31. The summed E-state index contributed by atoms with van der Waals surface area (Å²) in [5.74, 6) is -0.229. The molecule has 0 saturated heterocycles. The first-order valence-corrected chi connectivity index (χ1v) is 5.19. The predicted octanol–water partition coefficient (Wildman–Crippen LogP) is 1.45. The lowest BCUT2D eigenvalue weighted by Gasteiger charge is -1.98. The van der Waals surface area contributed by atoms with Crippen LogP contribution in [0, 0.1) is 0 Å². The summed E-state index contributed by atoms with van der Waals surface area (Å²) in [5.41, 5.74) is 0.769. The third kappa shape index (κ3) is 3.26. The predicted molar refractivity (Wildman–Crippen MR) is 52.5 cm³/mol. The number of ether oxygens (including phenoxy) is 1. The number of aldehydes is 1. The Morgan fingerprint density at radius 3 is 3.07 bits per heavy atom. The molecule has 1 aromatic heterocycles. The Bertz CT molecular complexity index is 322. The SMILES string of the molecule is CCOC(=O)CCc1csc(C=O)n1. The first-order chi connectivity index (χ1) is 6.76. The van der Waals surface area contributed by atoms with Gasteiger partial charge in [-0.15, -0.1) is 11.3 Å². The Morgan fingerprint density at radius 2 is 2.50 bits per heavy atom. The topological polar surface area (TPSA) is 56.3 Å². The van der Waals surface area contributed by atoms with Crippen molar-refractivity contribution >= 4 is 23.6 Å². The molecule has 14 heavy (non-hydrogen) atoms. The van der Waals surface area contributed by atoms with Crippen LogP contribution in [-0.2, 0) is 16.0 Å². The highest BCUT2D eigenvalue weighted by molar-refractivity contribution is 7.11. The van der Waals surface area contributed by atoms with Gasteiger partial charge >= 0.3 is 5.97 Å². The Labute approximate surface area is 85.9 Å². The number of carbonyl (C=O) groups excluding carboxylic acids is 2. The van der Waals surface area contributed by atoms with Gasteiger partial charge in [0.15, 0.2) is 11.3 Å². The Balaban J connectivity index is 2.37. The minimum atomic E-state index is -0.229. The van der Waals surface area contributed by atoms with Crippen LogP contribution < -0.4 is 0 Å². The van der Waals surface area contributed by atoms with E-state index in [-0.39, 0.29) is 5.97 Å². The lowest BCUT2D eigenvalue weighted by atomic mass is 10.2. The van der Waals surface area contributed by atoms with Crippen LogP contribution in [0.25, 0.3) is 0 Å². The quantitative estimate of drug-likeness (QED) is 0.548. The Kier molecular flexibility index (Phi) is 4.25. The second-order valence-corrected chi connectivity index (χ2v) is 3.49. The molecule has 0 bridgehead atoms. The van der Waals surface area contributed by atoms with E-state index >= 15 is 0 Å². The van der Waals surface area contributed by atoms with Crippen molar-refractivity contribution in [3.05, 3.63) is 16.1 Å². The fourth-order valence-corrected chi connectivity index (χ4v) is 1.61. The lowest BCUT2D eigenvalue weighted by molar-refractivity contribution is -0.143. The number of nitrogens with zero attached hydrogens (tertiary/aromatic N) is 1. The van der Waals surface area contributed by atoms with Gasteiger partial charge in [-0.1, -0.05) is 0 Å². The summed E-state index contributed by atoms with van der Waals surface area (Å²) in [4.78, 5) is 25.3. The van der Waals surface area contributed by atoms with Crippen molar-refractivity contribution in [3.63, 3.8) is 0 Å². The highest BCUT2D eigenvalue weighted by atomic mass is 32.1. The fourth-order valence-electron chi connectivity index (χ4n) is 0.955. The van der Waals surface area contributed by atoms with Gasteiger partial charge in [0.2, 0.25) is 0 Å². The number of hydrogen-bond acceptors (Lipinski definition) is 5. The van der Waals surface area contributed by atoms with Gasteiger partial charge < -0.3 is 4.74 Å². The molecule has 0 saturated carbocycles. The summed E-state index contributed by atoms with van der Waals surface area (Å²) in [6.45, 7) is 2.17. The summed E-state index contributed by atoms with van der Waals surface area (Å²) >= 11 is 1.28. The molecule has 0 atom stereocenters. The Hall–Kier alpha value is -1.23. The van der Waals surface area contributed by atoms with E-state index in [0.29, 0.717) is 30.7 Å². The van der Waals surface area contributed by atoms with Gasteiger partial charge in [0.05, 0.1) is 18.7 Å². The molecular formula is C9H11NO3S. The smallest absolute Gasteiger partial charge is 0.306 e. The van der Waals surface area contributed by atoms with Crippen molar-refractivity contribution in [2.45, 2.75) is 19.8 Å². The van der Waals surface area contributed by atoms with Crippen LogP contribution in [0.4, 0.5) is 0 Å². The fraction of sp³-hybridized carbons (Fsp3) is 0.444. The first kappa shape index (κ1) is 10.8. The van der Waals surface area contributed by atoms with Crippen LogP contribution in [0.3, 0.4) is 0 Å². The summed E-state index contributed by atoms with van der Waals surface area (Å²) < 4.78 is 4.76. The van der Waals surface area contributed by atoms with Crippen molar-refractivity contribution in [2.75, 3.05) is 6.61 Å². The molecule has 0 spiro atoms. The lowest BCUT2D eigenvalue weighted by Crippen LogP contribution is -2.05. The number of rotatable bonds is 5. The number of carbonyl (C=O) groups is 2. The van der Waals surface area contributed by atoms with Crippen LogP contribution in [0.2, 0.25) is 0 Å². The second-order valence-electron chi connectivity index (χ2n) is 2.60. The van der Waals surface area contributed by atoms with Gasteiger partial charge in [0.25, 0.3) is 0 Å². The zero-order valence-corrected chi connectivity index (χ0v) is 8.67. The van der Waals surface area contributed by atoms with E-state index in [0.717, 1.165) is 5.69 Å². The molecule has 1 aromatic rings. The van der Waals surface area contributed by atoms with Crippen molar-refractivity contribution in [2.24, 2.45) is 0 Å². The monoisotopic (exact) mass is 213 g/mol. The molecule has 0 aromatic carbocycles. The molecule has 0 fully saturated rings. The van der Waals surface area contributed by atoms with Gasteiger partial charge in [0, 0.05) is 11.8 Å². The molecule has 76 valence electrons. The van der Waals surface area contributed by atoms with Crippen molar-refractivity contribution in [1.82, 2.24) is 4.98 Å². The maximum Gasteiger partial charge on any atom is 0.306 e. The van der Waals surface area contributed by atoms with E-state index in [4.69, 9.17) is 4.74 Å². The average Bonchev–Trinajstić information content (AvgIpc) is 2.63. The Morgan fingerprint density at radius 1 is 1.71 bits per heavy atom. The van der Waals surface area contributed by atoms with E-state index in [1.54, 1.807) is 12.3 Å². The number of aromatic nitrogens is 1. The largest absolute Gasteiger partial charge is 0.466 e. The zero-order chi connectivity index (χ0) is 10.4. The van der Waals surface area contributed by atoms with Crippen LogP contribution in [0.1, 0.15) is 28.8 Å². The third-order valence-corrected chi connectivity index (χ3v) is 2.38. The summed E-state index contributed by atoms with van der Waals surface area (Å²) in [5, 5.41) is 2.23. The van der Waals surface area contributed by atoms with Crippen LogP contribution >= 0.6 is 11.3 Å². The summed E-state index contributed by atoms with van der Waals surface area (Å²) in [7, 11) is 0. The van der Waals surface area contributed by atoms with E-state index in [1.165, 1.54) is 11.3 Å². The number of aryl methyl sites for hydroxylation is 1. The van der Waals surface area contributed by atoms with Crippen molar-refractivity contribution < 1.29 is 14.3 Å². The summed E-state index contributed by atoms with van der Waals surface area (Å²) in [6, 6.07) is 0. The maximum atomic E-state index is 11.0. The van der Waals surface area contributed by atoms with Crippen LogP contribution in [0.15, 0.2) is 5.38 Å². The normalized spacial score (nSPS) is 9.79. The number of hydrogen-bond donors (Lipinski definition) is 0. The second kappa shape index (κ2) is 5.49. The van der Waals surface area contributed by atoms with E-state index in [2.05, 4.69) is 4.98 Å². The highest BCUT2D eigenvalue weighted by Crippen LogP contribution is 2.09. The van der Waals surface area contributed by atoms with Crippen LogP contribution in [0.5, 0.6) is 0 Å². The average molecular weight is 213 g/mol. The molecule has 0 aliphatic carbocycles. The van der Waals surface area contributed by atoms with Crippen LogP contribution in [-0.4, -0.2) is 23.8 Å². The molecule has 1 rings (SSSR count). The molecular weight excluding hydrogens is 202 g/mol. The number of esters is 1. The molecule has 0 aliphatic rings. The molecule has 1 heterocycles. The minimum absolute atomic E-state index is 0.229. The van der Waals surface area contributed by atoms with Gasteiger partial charge in [-0.2, -0.15) is 0 Å². The molecule has 0 aliphatic heterocycles. The maximum absolute atomic E-state index is 11.0. The molecule has 0 radical (unpaired) electrons. The van der Waals surface area contributed by atoms with Crippen molar-refractivity contribution in [1.29, 1.82) is 0 Å².